The van der Waals surface area contributed by atoms with Crippen LogP contribution in [-0.4, -0.2) is 46.1 Å². The van der Waals surface area contributed by atoms with E-state index in [-0.39, 0.29) is 18.9 Å². The normalized spacial score (nSPS) is 13.6. The van der Waals surface area contributed by atoms with E-state index in [0.717, 1.165) is 38.5 Å². The highest BCUT2D eigenvalue weighted by Crippen LogP contribution is 2.17. The maximum atomic E-state index is 12.5. The lowest BCUT2D eigenvalue weighted by atomic mass is 10.0. The minimum absolute atomic E-state index is 0.00554. The predicted octanol–water partition coefficient (Wildman–Crippen LogP) is 16.3. The van der Waals surface area contributed by atoms with Crippen LogP contribution in [0.4, 0.5) is 0 Å². The van der Waals surface area contributed by atoms with E-state index in [1.807, 2.05) is 6.08 Å². The first-order chi connectivity index (χ1) is 29.5. The zero-order valence-corrected chi connectivity index (χ0v) is 40.4. The van der Waals surface area contributed by atoms with E-state index in [4.69, 9.17) is 0 Å². The van der Waals surface area contributed by atoms with Gasteiger partial charge in [0.05, 0.1) is 31.3 Å². The fourth-order valence-corrected chi connectivity index (χ4v) is 8.32. The second kappa shape index (κ2) is 50.2. The van der Waals surface area contributed by atoms with E-state index in [1.165, 1.54) is 218 Å². The van der Waals surface area contributed by atoms with Crippen molar-refractivity contribution in [2.24, 2.45) is 0 Å². The summed E-state index contributed by atoms with van der Waals surface area (Å²) in [5.74, 6) is -0.325. The van der Waals surface area contributed by atoms with Crippen molar-refractivity contribution in [2.45, 2.75) is 302 Å². The smallest absolute Gasteiger partial charge is 0.222 e. The van der Waals surface area contributed by atoms with Crippen molar-refractivity contribution in [2.75, 3.05) is 6.61 Å². The molecule has 5 nitrogen and oxygen atoms in total. The van der Waals surface area contributed by atoms with E-state index in [9.17, 15) is 20.1 Å². The Bertz CT molecular complexity index is 931. The van der Waals surface area contributed by atoms with Crippen molar-refractivity contribution < 1.29 is 20.1 Å². The van der Waals surface area contributed by atoms with Crippen molar-refractivity contribution >= 4 is 5.91 Å². The minimum atomic E-state index is -0.959. The lowest BCUT2D eigenvalue weighted by Crippen LogP contribution is -2.45. The van der Waals surface area contributed by atoms with Gasteiger partial charge in [-0.2, -0.15) is 0 Å². The summed E-state index contributed by atoms with van der Waals surface area (Å²) in [6.45, 7) is 4.22. The van der Waals surface area contributed by atoms with E-state index in [1.54, 1.807) is 6.08 Å². The van der Waals surface area contributed by atoms with Crippen LogP contribution in [0.3, 0.4) is 0 Å². The van der Waals surface area contributed by atoms with Crippen LogP contribution in [0, 0.1) is 0 Å². The number of hydrogen-bond acceptors (Lipinski definition) is 4. The molecule has 0 aromatic rings. The van der Waals surface area contributed by atoms with Gasteiger partial charge in [0.15, 0.2) is 0 Å². The number of carbonyl (C=O) groups is 1. The highest BCUT2D eigenvalue weighted by atomic mass is 16.3. The molecular formula is C55H105NO4. The molecule has 4 N–H and O–H groups in total. The molecule has 3 atom stereocenters. The molecule has 60 heavy (non-hydrogen) atoms. The fourth-order valence-electron chi connectivity index (χ4n) is 8.32. The van der Waals surface area contributed by atoms with Crippen LogP contribution in [0.5, 0.6) is 0 Å². The van der Waals surface area contributed by atoms with E-state index < -0.39 is 18.2 Å². The molecule has 0 spiro atoms. The molecule has 0 bridgehead atoms. The molecule has 0 saturated heterocycles. The maximum Gasteiger partial charge on any atom is 0.222 e. The lowest BCUT2D eigenvalue weighted by Gasteiger charge is -2.21. The predicted molar refractivity (Wildman–Crippen MR) is 264 cm³/mol. The number of amides is 1. The van der Waals surface area contributed by atoms with E-state index in [0.29, 0.717) is 6.42 Å². The van der Waals surface area contributed by atoms with Gasteiger partial charge < -0.3 is 20.6 Å². The van der Waals surface area contributed by atoms with Gasteiger partial charge in [-0.25, -0.2) is 0 Å². The lowest BCUT2D eigenvalue weighted by molar-refractivity contribution is -0.124. The third kappa shape index (κ3) is 46.1. The first-order valence-corrected chi connectivity index (χ1v) is 26.8. The Balaban J connectivity index is 3.59. The molecule has 0 rings (SSSR count). The number of unbranched alkanes of at least 4 members (excludes halogenated alkanes) is 36. The van der Waals surface area contributed by atoms with E-state index in [2.05, 4.69) is 43.5 Å². The zero-order valence-electron chi connectivity index (χ0n) is 40.4. The molecule has 354 valence electrons. The molecule has 0 aliphatic carbocycles. The number of hydrogen-bond donors (Lipinski definition) is 4. The standard InChI is InChI=1S/C55H105NO4/c1-3-5-7-9-11-13-15-17-19-21-23-24-25-26-27-28-29-30-31-32-34-36-38-40-42-44-46-48-52(58)50-55(60)56-53(51-57)54(59)49-47-45-43-41-39-37-35-33-22-20-18-16-14-12-10-8-6-4-2/h22,33,39,41,47,49,52-54,57-59H,3-21,23-32,34-38,40,42-46,48,50-51H2,1-2H3,(H,56,60)/b33-22+,41-39+,49-47+. The molecular weight excluding hydrogens is 739 g/mol. The summed E-state index contributed by atoms with van der Waals surface area (Å²) in [5, 5.41) is 33.4. The average molecular weight is 844 g/mol. The second-order valence-electron chi connectivity index (χ2n) is 18.5. The van der Waals surface area contributed by atoms with Crippen LogP contribution in [0.25, 0.3) is 0 Å². The molecule has 0 aliphatic rings. The number of allylic oxidation sites excluding steroid dienone is 5. The van der Waals surface area contributed by atoms with Gasteiger partial charge in [0.2, 0.25) is 5.91 Å². The number of nitrogens with one attached hydrogen (secondary N) is 1. The third-order valence-electron chi connectivity index (χ3n) is 12.4. The van der Waals surface area contributed by atoms with Crippen LogP contribution in [0.1, 0.15) is 284 Å². The highest BCUT2D eigenvalue weighted by Gasteiger charge is 2.20. The van der Waals surface area contributed by atoms with Crippen LogP contribution in [0.2, 0.25) is 0 Å². The molecule has 0 aromatic heterocycles. The highest BCUT2D eigenvalue weighted by molar-refractivity contribution is 5.76. The fraction of sp³-hybridized carbons (Fsp3) is 0.873. The summed E-state index contributed by atoms with van der Waals surface area (Å²) in [7, 11) is 0. The second-order valence-corrected chi connectivity index (χ2v) is 18.5. The van der Waals surface area contributed by atoms with Crippen molar-refractivity contribution in [1.82, 2.24) is 5.32 Å². The first-order valence-electron chi connectivity index (χ1n) is 26.8. The SMILES string of the molecule is CCCCCCCCCC/C=C/CC/C=C/CC/C=C/C(O)C(CO)NC(=O)CC(O)CCCCCCCCCCCCCCCCCCCCCCCCCCCCC. The summed E-state index contributed by atoms with van der Waals surface area (Å²) in [6, 6.07) is -0.766. The maximum absolute atomic E-state index is 12.5. The Hall–Kier alpha value is -1.43. The van der Waals surface area contributed by atoms with Crippen LogP contribution in [-0.2, 0) is 4.79 Å². The zero-order chi connectivity index (χ0) is 43.7. The number of rotatable bonds is 49. The number of carbonyl (C=O) groups excluding carboxylic acids is 1. The monoisotopic (exact) mass is 844 g/mol. The van der Waals surface area contributed by atoms with Gasteiger partial charge in [-0.15, -0.1) is 0 Å². The number of aliphatic hydroxyl groups is 3. The van der Waals surface area contributed by atoms with Crippen LogP contribution >= 0.6 is 0 Å². The topological polar surface area (TPSA) is 89.8 Å². The van der Waals surface area contributed by atoms with Gasteiger partial charge in [-0.05, 0) is 44.9 Å². The Labute approximate surface area is 374 Å². The molecule has 0 aliphatic heterocycles. The van der Waals surface area contributed by atoms with Crippen molar-refractivity contribution in [3.05, 3.63) is 36.5 Å². The third-order valence-corrected chi connectivity index (χ3v) is 12.4. The van der Waals surface area contributed by atoms with Crippen molar-refractivity contribution in [3.8, 4) is 0 Å². The summed E-state index contributed by atoms with van der Waals surface area (Å²) in [5.41, 5.74) is 0. The Morgan fingerprint density at radius 3 is 1.07 bits per heavy atom. The summed E-state index contributed by atoms with van der Waals surface area (Å²) in [4.78, 5) is 12.5. The Morgan fingerprint density at radius 1 is 0.417 bits per heavy atom. The quantitative estimate of drug-likeness (QED) is 0.0363. The van der Waals surface area contributed by atoms with Crippen LogP contribution in [0.15, 0.2) is 36.5 Å². The van der Waals surface area contributed by atoms with Gasteiger partial charge >= 0.3 is 0 Å². The van der Waals surface area contributed by atoms with Crippen molar-refractivity contribution in [3.63, 3.8) is 0 Å². The summed E-state index contributed by atoms with van der Waals surface area (Å²) < 4.78 is 0. The van der Waals surface area contributed by atoms with Gasteiger partial charge in [-0.3, -0.25) is 4.79 Å². The van der Waals surface area contributed by atoms with Gasteiger partial charge in [0, 0.05) is 0 Å². The molecule has 0 heterocycles. The molecule has 3 unspecified atom stereocenters. The largest absolute Gasteiger partial charge is 0.394 e. The Kier molecular flexibility index (Phi) is 49.0. The van der Waals surface area contributed by atoms with Gasteiger partial charge in [-0.1, -0.05) is 269 Å². The van der Waals surface area contributed by atoms with Gasteiger partial charge in [0.25, 0.3) is 0 Å². The summed E-state index contributed by atoms with van der Waals surface area (Å²) >= 11 is 0. The number of aliphatic hydroxyl groups excluding tert-OH is 3. The molecule has 5 heteroatoms. The molecule has 0 aromatic carbocycles. The summed E-state index contributed by atoms with van der Waals surface area (Å²) in [6.07, 6.45) is 64.7. The van der Waals surface area contributed by atoms with Crippen LogP contribution < -0.4 is 5.32 Å². The van der Waals surface area contributed by atoms with Gasteiger partial charge in [0.1, 0.15) is 0 Å². The average Bonchev–Trinajstić information content (AvgIpc) is 3.24. The minimum Gasteiger partial charge on any atom is -0.394 e. The first kappa shape index (κ1) is 58.6. The molecule has 0 radical (unpaired) electrons. The van der Waals surface area contributed by atoms with Crippen molar-refractivity contribution in [1.29, 1.82) is 0 Å². The Morgan fingerprint density at radius 2 is 0.717 bits per heavy atom. The molecule has 0 fully saturated rings. The molecule has 1 amide bonds. The molecule has 0 saturated carbocycles. The van der Waals surface area contributed by atoms with E-state index >= 15 is 0 Å².